The van der Waals surface area contributed by atoms with E-state index in [1.807, 2.05) is 50.2 Å². The lowest BCUT2D eigenvalue weighted by atomic mass is 10.2. The van der Waals surface area contributed by atoms with Gasteiger partial charge in [0.15, 0.2) is 12.4 Å². The molecule has 4 rings (SSSR count). The Kier molecular flexibility index (Phi) is 6.97. The van der Waals surface area contributed by atoms with Crippen molar-refractivity contribution >= 4 is 29.1 Å². The van der Waals surface area contributed by atoms with Gasteiger partial charge in [0.2, 0.25) is 0 Å². The average molecular weight is 468 g/mol. The van der Waals surface area contributed by atoms with Gasteiger partial charge in [-0.25, -0.2) is 0 Å². The maximum Gasteiger partial charge on any atom is 0.277 e. The van der Waals surface area contributed by atoms with Gasteiger partial charge in [0.1, 0.15) is 5.75 Å². The van der Waals surface area contributed by atoms with Crippen LogP contribution < -0.4 is 4.74 Å². The number of ketones is 1. The molecule has 164 valence electrons. The Morgan fingerprint density at radius 1 is 1.09 bits per heavy atom. The van der Waals surface area contributed by atoms with Crippen molar-refractivity contribution in [2.75, 3.05) is 5.75 Å². The maximum atomic E-state index is 12.8. The Balaban J connectivity index is 1.35. The van der Waals surface area contributed by atoms with Crippen LogP contribution >= 0.6 is 23.4 Å². The molecule has 8 heteroatoms. The van der Waals surface area contributed by atoms with Crippen molar-refractivity contribution in [3.8, 4) is 5.75 Å². The fourth-order valence-corrected chi connectivity index (χ4v) is 4.21. The van der Waals surface area contributed by atoms with Crippen molar-refractivity contribution in [1.29, 1.82) is 0 Å². The molecule has 0 aliphatic heterocycles. The monoisotopic (exact) mass is 467 g/mol. The molecule has 0 radical (unpaired) electrons. The summed E-state index contributed by atoms with van der Waals surface area (Å²) in [7, 11) is 0. The van der Waals surface area contributed by atoms with Gasteiger partial charge in [0.25, 0.3) is 11.1 Å². The molecule has 0 bridgehead atoms. The molecule has 0 fully saturated rings. The summed E-state index contributed by atoms with van der Waals surface area (Å²) in [5, 5.41) is 8.81. The number of para-hydroxylation sites is 1. The van der Waals surface area contributed by atoms with Crippen molar-refractivity contribution in [2.24, 2.45) is 0 Å². The summed E-state index contributed by atoms with van der Waals surface area (Å²) in [5.41, 5.74) is 3.92. The summed E-state index contributed by atoms with van der Waals surface area (Å²) >= 11 is 7.29. The third-order valence-corrected chi connectivity index (χ3v) is 6.15. The fourth-order valence-electron chi connectivity index (χ4n) is 3.35. The molecule has 0 atom stereocenters. The first kappa shape index (κ1) is 22.2. The minimum atomic E-state index is 0.0227. The molecule has 0 saturated heterocycles. The number of carbonyl (C=O) groups excluding carboxylic acids is 1. The van der Waals surface area contributed by atoms with Gasteiger partial charge in [-0.15, -0.1) is 10.2 Å². The summed E-state index contributed by atoms with van der Waals surface area (Å²) in [4.78, 5) is 12.8. The number of aromatic nitrogens is 3. The topological polar surface area (TPSA) is 70.2 Å². The number of halogens is 1. The lowest BCUT2D eigenvalue weighted by molar-refractivity contribution is 0.102. The van der Waals surface area contributed by atoms with E-state index in [1.54, 1.807) is 12.1 Å². The number of thioether (sulfide) groups is 1. The van der Waals surface area contributed by atoms with Crippen LogP contribution in [0.25, 0.3) is 0 Å². The van der Waals surface area contributed by atoms with Crippen LogP contribution in [0.5, 0.6) is 5.75 Å². The molecular weight excluding hydrogens is 446 g/mol. The molecule has 0 saturated carbocycles. The van der Waals surface area contributed by atoms with E-state index >= 15 is 0 Å². The van der Waals surface area contributed by atoms with Gasteiger partial charge >= 0.3 is 0 Å². The van der Waals surface area contributed by atoms with E-state index in [4.69, 9.17) is 20.8 Å². The first-order valence-electron chi connectivity index (χ1n) is 10.1. The van der Waals surface area contributed by atoms with Gasteiger partial charge in [-0.05, 0) is 37.6 Å². The summed E-state index contributed by atoms with van der Waals surface area (Å²) < 4.78 is 13.3. The number of benzene rings is 2. The minimum absolute atomic E-state index is 0.0227. The summed E-state index contributed by atoms with van der Waals surface area (Å²) in [6, 6.07) is 19.3. The van der Waals surface area contributed by atoms with Crippen molar-refractivity contribution in [1.82, 2.24) is 14.8 Å². The molecule has 0 amide bonds. The van der Waals surface area contributed by atoms with Crippen LogP contribution in [0, 0.1) is 13.8 Å². The zero-order valence-corrected chi connectivity index (χ0v) is 19.3. The van der Waals surface area contributed by atoms with Crippen molar-refractivity contribution in [3.05, 3.63) is 94.1 Å². The van der Waals surface area contributed by atoms with E-state index in [2.05, 4.69) is 26.9 Å². The van der Waals surface area contributed by atoms with Gasteiger partial charge in [0, 0.05) is 23.5 Å². The second-order valence-corrected chi connectivity index (χ2v) is 8.58. The molecule has 2 aromatic heterocycles. The largest absolute Gasteiger partial charge is 0.482 e. The lowest BCUT2D eigenvalue weighted by Gasteiger charge is -2.09. The molecule has 0 aliphatic rings. The number of carbonyl (C=O) groups is 1. The highest BCUT2D eigenvalue weighted by atomic mass is 35.5. The Hall–Kier alpha value is -3.03. The number of ether oxygens (including phenoxy) is 1. The van der Waals surface area contributed by atoms with Gasteiger partial charge in [-0.1, -0.05) is 65.8 Å². The third kappa shape index (κ3) is 5.23. The van der Waals surface area contributed by atoms with Crippen LogP contribution in [0.2, 0.25) is 5.02 Å². The molecule has 2 aromatic carbocycles. The number of hydrogen-bond acceptors (Lipinski definition) is 6. The van der Waals surface area contributed by atoms with Gasteiger partial charge in [0.05, 0.1) is 10.8 Å². The smallest absolute Gasteiger partial charge is 0.277 e. The van der Waals surface area contributed by atoms with Crippen molar-refractivity contribution < 1.29 is 13.9 Å². The summed E-state index contributed by atoms with van der Waals surface area (Å²) in [6.07, 6.45) is 0. The quantitative estimate of drug-likeness (QED) is 0.231. The Morgan fingerprint density at radius 2 is 1.84 bits per heavy atom. The molecule has 4 aromatic rings. The Morgan fingerprint density at radius 3 is 2.62 bits per heavy atom. The lowest BCUT2D eigenvalue weighted by Crippen LogP contribution is -2.07. The predicted octanol–water partition coefficient (Wildman–Crippen LogP) is 5.74. The number of nitrogens with zero attached hydrogens (tertiary/aromatic N) is 3. The number of hydrogen-bond donors (Lipinski definition) is 0. The fraction of sp³-hybridized carbons (Fsp3) is 0.208. The van der Waals surface area contributed by atoms with Crippen LogP contribution in [0.15, 0.2) is 70.3 Å². The van der Waals surface area contributed by atoms with Crippen molar-refractivity contribution in [2.45, 2.75) is 32.2 Å². The average Bonchev–Trinajstić information content (AvgIpc) is 3.37. The highest BCUT2D eigenvalue weighted by Gasteiger charge is 2.18. The minimum Gasteiger partial charge on any atom is -0.482 e. The zero-order valence-electron chi connectivity index (χ0n) is 17.7. The van der Waals surface area contributed by atoms with Crippen LogP contribution in [0.4, 0.5) is 0 Å². The molecule has 6 nitrogen and oxygen atoms in total. The Labute approximate surface area is 195 Å². The first-order chi connectivity index (χ1) is 15.5. The van der Waals surface area contributed by atoms with E-state index in [1.165, 1.54) is 17.3 Å². The van der Waals surface area contributed by atoms with Crippen LogP contribution in [0.1, 0.15) is 33.2 Å². The van der Waals surface area contributed by atoms with Crippen molar-refractivity contribution in [3.63, 3.8) is 0 Å². The first-order valence-corrected chi connectivity index (χ1v) is 11.4. The van der Waals surface area contributed by atoms with Gasteiger partial charge in [-0.2, -0.15) is 0 Å². The van der Waals surface area contributed by atoms with E-state index in [0.29, 0.717) is 27.4 Å². The number of aryl methyl sites for hydroxylation is 1. The molecule has 0 spiro atoms. The highest BCUT2D eigenvalue weighted by Crippen LogP contribution is 2.25. The second-order valence-electron chi connectivity index (χ2n) is 7.25. The van der Waals surface area contributed by atoms with Gasteiger partial charge in [-0.3, -0.25) is 4.79 Å². The summed E-state index contributed by atoms with van der Waals surface area (Å²) in [6.45, 7) is 4.83. The Bertz CT molecular complexity index is 1220. The maximum absolute atomic E-state index is 12.8. The van der Waals surface area contributed by atoms with Crippen LogP contribution in [0.3, 0.4) is 0 Å². The molecule has 32 heavy (non-hydrogen) atoms. The predicted molar refractivity (Wildman–Crippen MR) is 125 cm³/mol. The zero-order chi connectivity index (χ0) is 22.5. The number of rotatable bonds is 9. The van der Waals surface area contributed by atoms with Gasteiger partial charge < -0.3 is 13.7 Å². The van der Waals surface area contributed by atoms with E-state index in [9.17, 15) is 4.79 Å². The number of Topliss-reactive ketones (excluding diaryl/α,β-unsaturated/α-hetero) is 1. The second kappa shape index (κ2) is 10.1. The van der Waals surface area contributed by atoms with Crippen LogP contribution in [-0.2, 0) is 13.2 Å². The van der Waals surface area contributed by atoms with E-state index in [-0.39, 0.29) is 18.1 Å². The molecule has 2 heterocycles. The highest BCUT2D eigenvalue weighted by molar-refractivity contribution is 7.99. The van der Waals surface area contributed by atoms with E-state index < -0.39 is 0 Å². The third-order valence-electron chi connectivity index (χ3n) is 5.02. The standard InChI is InChI=1S/C24H22ClN3O3S/c1-16-12-19(17(2)28(16)13-18-8-4-3-5-9-18)21(29)15-32-24-27-26-23(31-24)14-30-22-11-7-6-10-20(22)25/h3-12H,13-15H2,1-2H3. The molecule has 0 aliphatic carbocycles. The molecule has 0 unspecified atom stereocenters. The summed E-state index contributed by atoms with van der Waals surface area (Å²) in [5.74, 6) is 1.10. The molecular formula is C24H22ClN3O3S. The normalized spacial score (nSPS) is 11.0. The van der Waals surface area contributed by atoms with E-state index in [0.717, 1.165) is 17.9 Å². The van der Waals surface area contributed by atoms with Crippen LogP contribution in [-0.4, -0.2) is 26.3 Å². The SMILES string of the molecule is Cc1cc(C(=O)CSc2nnc(COc3ccccc3Cl)o2)c(C)n1Cc1ccccc1. The molecule has 0 N–H and O–H groups in total.